The van der Waals surface area contributed by atoms with E-state index in [1.807, 2.05) is 35.2 Å². The third-order valence-corrected chi connectivity index (χ3v) is 2.54. The van der Waals surface area contributed by atoms with Crippen LogP contribution < -0.4 is 5.32 Å². The minimum atomic E-state index is -0.160. The average Bonchev–Trinajstić information content (AvgIpc) is 2.81. The molecule has 1 aromatic rings. The SMILES string of the molecule is O=C(CN1CCNC1)OCc1ccccc1. The lowest BCUT2D eigenvalue weighted by Crippen LogP contribution is -2.29. The fourth-order valence-electron chi connectivity index (χ4n) is 1.65. The largest absolute Gasteiger partial charge is 0.460 e. The molecule has 0 aliphatic carbocycles. The number of benzene rings is 1. The van der Waals surface area contributed by atoms with Gasteiger partial charge in [0.05, 0.1) is 6.54 Å². The van der Waals surface area contributed by atoms with Crippen LogP contribution in [0.3, 0.4) is 0 Å². The highest BCUT2D eigenvalue weighted by Crippen LogP contribution is 2.01. The van der Waals surface area contributed by atoms with E-state index >= 15 is 0 Å². The lowest BCUT2D eigenvalue weighted by molar-refractivity contribution is -0.146. The molecule has 0 radical (unpaired) electrons. The van der Waals surface area contributed by atoms with Gasteiger partial charge >= 0.3 is 5.97 Å². The van der Waals surface area contributed by atoms with Gasteiger partial charge in [0.15, 0.2) is 0 Å². The Balaban J connectivity index is 1.71. The van der Waals surface area contributed by atoms with Gasteiger partial charge < -0.3 is 10.1 Å². The second kappa shape index (κ2) is 5.63. The fraction of sp³-hybridized carbons (Fsp3) is 0.417. The van der Waals surface area contributed by atoms with Crippen molar-refractivity contribution >= 4 is 5.97 Å². The summed E-state index contributed by atoms with van der Waals surface area (Å²) in [6, 6.07) is 9.72. The Morgan fingerprint density at radius 2 is 2.19 bits per heavy atom. The highest BCUT2D eigenvalue weighted by molar-refractivity contribution is 5.71. The van der Waals surface area contributed by atoms with Gasteiger partial charge in [-0.15, -0.1) is 0 Å². The van der Waals surface area contributed by atoms with Crippen LogP contribution in [0.25, 0.3) is 0 Å². The summed E-state index contributed by atoms with van der Waals surface area (Å²) in [6.07, 6.45) is 0. The second-order valence-electron chi connectivity index (χ2n) is 3.86. The van der Waals surface area contributed by atoms with Crippen molar-refractivity contribution in [1.82, 2.24) is 10.2 Å². The van der Waals surface area contributed by atoms with Gasteiger partial charge in [0, 0.05) is 19.8 Å². The molecule has 1 fully saturated rings. The van der Waals surface area contributed by atoms with Gasteiger partial charge in [-0.2, -0.15) is 0 Å². The Morgan fingerprint density at radius 3 is 2.88 bits per heavy atom. The Hall–Kier alpha value is -1.39. The van der Waals surface area contributed by atoms with Crippen LogP contribution in [-0.4, -0.2) is 37.2 Å². The molecule has 1 aliphatic rings. The van der Waals surface area contributed by atoms with Crippen LogP contribution in [0.5, 0.6) is 0 Å². The van der Waals surface area contributed by atoms with Gasteiger partial charge in [-0.1, -0.05) is 30.3 Å². The summed E-state index contributed by atoms with van der Waals surface area (Å²) in [5.74, 6) is -0.160. The maximum atomic E-state index is 11.5. The molecule has 4 nitrogen and oxygen atoms in total. The van der Waals surface area contributed by atoms with Gasteiger partial charge in [-0.05, 0) is 5.56 Å². The molecular weight excluding hydrogens is 204 g/mol. The standard InChI is InChI=1S/C12H16N2O2/c15-12(8-14-7-6-13-10-14)16-9-11-4-2-1-3-5-11/h1-5,13H,6-10H2. The first-order valence-electron chi connectivity index (χ1n) is 5.47. The van der Waals surface area contributed by atoms with Crippen molar-refractivity contribution in [2.24, 2.45) is 0 Å². The predicted octanol–water partition coefficient (Wildman–Crippen LogP) is 0.592. The number of carbonyl (C=O) groups excluding carboxylic acids is 1. The molecule has 1 saturated heterocycles. The van der Waals surface area contributed by atoms with Crippen LogP contribution in [0.4, 0.5) is 0 Å². The van der Waals surface area contributed by atoms with Crippen LogP contribution in [0.1, 0.15) is 5.56 Å². The molecule has 0 bridgehead atoms. The summed E-state index contributed by atoms with van der Waals surface area (Å²) >= 11 is 0. The van der Waals surface area contributed by atoms with Gasteiger partial charge in [0.2, 0.25) is 0 Å². The summed E-state index contributed by atoms with van der Waals surface area (Å²) < 4.78 is 5.18. The molecule has 0 spiro atoms. The molecule has 1 N–H and O–H groups in total. The fourth-order valence-corrected chi connectivity index (χ4v) is 1.65. The van der Waals surface area contributed by atoms with Crippen LogP contribution in [0.2, 0.25) is 0 Å². The van der Waals surface area contributed by atoms with Crippen molar-refractivity contribution in [1.29, 1.82) is 0 Å². The zero-order chi connectivity index (χ0) is 11.2. The van der Waals surface area contributed by atoms with Gasteiger partial charge in [0.1, 0.15) is 6.61 Å². The third-order valence-electron chi connectivity index (χ3n) is 2.54. The van der Waals surface area contributed by atoms with Crippen LogP contribution in [-0.2, 0) is 16.1 Å². The molecule has 0 amide bonds. The summed E-state index contributed by atoms with van der Waals surface area (Å²) in [7, 11) is 0. The number of esters is 1. The van der Waals surface area contributed by atoms with E-state index in [1.54, 1.807) is 0 Å². The summed E-state index contributed by atoms with van der Waals surface area (Å²) in [5.41, 5.74) is 1.02. The van der Waals surface area contributed by atoms with Gasteiger partial charge in [-0.25, -0.2) is 0 Å². The Labute approximate surface area is 95.2 Å². The van der Waals surface area contributed by atoms with E-state index in [-0.39, 0.29) is 5.97 Å². The number of ether oxygens (including phenoxy) is 1. The van der Waals surface area contributed by atoms with E-state index in [9.17, 15) is 4.79 Å². The topological polar surface area (TPSA) is 41.6 Å². The van der Waals surface area contributed by atoms with Crippen LogP contribution >= 0.6 is 0 Å². The van der Waals surface area contributed by atoms with E-state index in [0.717, 1.165) is 25.3 Å². The first-order chi connectivity index (χ1) is 7.84. The van der Waals surface area contributed by atoms with Crippen LogP contribution in [0.15, 0.2) is 30.3 Å². The Bertz CT molecular complexity index is 334. The van der Waals surface area contributed by atoms with E-state index in [0.29, 0.717) is 13.2 Å². The second-order valence-corrected chi connectivity index (χ2v) is 3.86. The van der Waals surface area contributed by atoms with E-state index in [4.69, 9.17) is 4.74 Å². The molecule has 0 aromatic heterocycles. The summed E-state index contributed by atoms with van der Waals surface area (Å²) in [4.78, 5) is 13.5. The number of nitrogens with zero attached hydrogens (tertiary/aromatic N) is 1. The lowest BCUT2D eigenvalue weighted by Gasteiger charge is -2.12. The Morgan fingerprint density at radius 1 is 1.38 bits per heavy atom. The van der Waals surface area contributed by atoms with Crippen molar-refractivity contribution in [3.05, 3.63) is 35.9 Å². The zero-order valence-corrected chi connectivity index (χ0v) is 9.19. The minimum Gasteiger partial charge on any atom is -0.460 e. The molecule has 0 atom stereocenters. The molecule has 16 heavy (non-hydrogen) atoms. The molecular formula is C12H16N2O2. The maximum absolute atomic E-state index is 11.5. The van der Waals surface area contributed by atoms with Gasteiger partial charge in [-0.3, -0.25) is 9.69 Å². The third kappa shape index (κ3) is 3.32. The molecule has 2 rings (SSSR count). The minimum absolute atomic E-state index is 0.160. The van der Waals surface area contributed by atoms with Crippen molar-refractivity contribution in [3.8, 4) is 0 Å². The first-order valence-corrected chi connectivity index (χ1v) is 5.47. The number of hydrogen-bond acceptors (Lipinski definition) is 4. The van der Waals surface area contributed by atoms with E-state index in [1.165, 1.54) is 0 Å². The first kappa shape index (κ1) is 11.1. The monoisotopic (exact) mass is 220 g/mol. The Kier molecular flexibility index (Phi) is 3.91. The number of nitrogens with one attached hydrogen (secondary N) is 1. The zero-order valence-electron chi connectivity index (χ0n) is 9.19. The highest BCUT2D eigenvalue weighted by Gasteiger charge is 2.15. The smallest absolute Gasteiger partial charge is 0.320 e. The number of hydrogen-bond donors (Lipinski definition) is 1. The molecule has 1 aliphatic heterocycles. The maximum Gasteiger partial charge on any atom is 0.320 e. The van der Waals surface area contributed by atoms with Crippen molar-refractivity contribution < 1.29 is 9.53 Å². The average molecular weight is 220 g/mol. The molecule has 4 heteroatoms. The molecule has 1 heterocycles. The molecule has 86 valence electrons. The van der Waals surface area contributed by atoms with Gasteiger partial charge in [0.25, 0.3) is 0 Å². The number of rotatable bonds is 4. The van der Waals surface area contributed by atoms with E-state index in [2.05, 4.69) is 5.32 Å². The van der Waals surface area contributed by atoms with Crippen molar-refractivity contribution in [2.75, 3.05) is 26.3 Å². The summed E-state index contributed by atoms with van der Waals surface area (Å²) in [6.45, 7) is 3.38. The highest BCUT2D eigenvalue weighted by atomic mass is 16.5. The molecule has 0 saturated carbocycles. The van der Waals surface area contributed by atoms with Crippen LogP contribution in [0, 0.1) is 0 Å². The molecule has 0 unspecified atom stereocenters. The lowest BCUT2D eigenvalue weighted by atomic mass is 10.2. The summed E-state index contributed by atoms with van der Waals surface area (Å²) in [5, 5.41) is 3.17. The van der Waals surface area contributed by atoms with E-state index < -0.39 is 0 Å². The normalized spacial score (nSPS) is 16.2. The van der Waals surface area contributed by atoms with Crippen molar-refractivity contribution in [3.63, 3.8) is 0 Å². The quantitative estimate of drug-likeness (QED) is 0.754. The number of carbonyl (C=O) groups is 1. The molecule has 1 aromatic carbocycles. The predicted molar refractivity (Wildman–Crippen MR) is 60.7 cm³/mol. The van der Waals surface area contributed by atoms with Crippen molar-refractivity contribution in [2.45, 2.75) is 6.61 Å².